The second-order valence-corrected chi connectivity index (χ2v) is 7.55. The zero-order valence-electron chi connectivity index (χ0n) is 15.3. The van der Waals surface area contributed by atoms with Gasteiger partial charge >= 0.3 is 0 Å². The summed E-state index contributed by atoms with van der Waals surface area (Å²) >= 11 is 0. The third-order valence-corrected chi connectivity index (χ3v) is 5.71. The van der Waals surface area contributed by atoms with Crippen LogP contribution in [-0.4, -0.2) is 62.3 Å². The molecular formula is C21H34N2O. The Morgan fingerprint density at radius 2 is 1.67 bits per heavy atom. The molecular weight excluding hydrogens is 296 g/mol. The van der Waals surface area contributed by atoms with E-state index in [9.17, 15) is 0 Å². The summed E-state index contributed by atoms with van der Waals surface area (Å²) in [5.41, 5.74) is 1.52. The number of rotatable bonds is 7. The normalized spacial score (nSPS) is 22.5. The molecule has 2 aliphatic heterocycles. The monoisotopic (exact) mass is 330 g/mol. The molecule has 2 saturated heterocycles. The summed E-state index contributed by atoms with van der Waals surface area (Å²) in [4.78, 5) is 5.37. The van der Waals surface area contributed by atoms with Crippen molar-refractivity contribution >= 4 is 0 Å². The molecule has 1 aromatic carbocycles. The highest BCUT2D eigenvalue weighted by molar-refractivity contribution is 5.19. The van der Waals surface area contributed by atoms with Crippen LogP contribution < -0.4 is 0 Å². The molecule has 0 N–H and O–H groups in total. The van der Waals surface area contributed by atoms with Crippen LogP contribution in [0.15, 0.2) is 30.3 Å². The van der Waals surface area contributed by atoms with Crippen LogP contribution in [0, 0.1) is 5.92 Å². The van der Waals surface area contributed by atoms with Gasteiger partial charge in [-0.25, -0.2) is 0 Å². The lowest BCUT2D eigenvalue weighted by atomic mass is 9.93. The molecule has 0 aliphatic carbocycles. The van der Waals surface area contributed by atoms with Gasteiger partial charge in [-0.05, 0) is 36.7 Å². The van der Waals surface area contributed by atoms with E-state index in [-0.39, 0.29) is 0 Å². The maximum Gasteiger partial charge on any atom is 0.0469 e. The molecule has 0 radical (unpaired) electrons. The highest BCUT2D eigenvalue weighted by Gasteiger charge is 2.23. The van der Waals surface area contributed by atoms with Gasteiger partial charge in [-0.15, -0.1) is 0 Å². The molecule has 3 heteroatoms. The number of hydrogen-bond acceptors (Lipinski definition) is 3. The van der Waals surface area contributed by atoms with Crippen LogP contribution in [0.25, 0.3) is 0 Å². The molecule has 2 heterocycles. The van der Waals surface area contributed by atoms with Crippen LogP contribution in [0.2, 0.25) is 0 Å². The Morgan fingerprint density at radius 3 is 2.33 bits per heavy atom. The molecule has 134 valence electrons. The lowest BCUT2D eigenvalue weighted by molar-refractivity contribution is 0.0416. The minimum absolute atomic E-state index is 0.693. The quantitative estimate of drug-likeness (QED) is 0.759. The number of hydrogen-bond donors (Lipinski definition) is 0. The standard InChI is InChI=1S/C21H34N2O/c1-2-6-21(20-7-4-3-5-8-20)18-23-13-11-22(12-14-23)17-19-9-15-24-16-10-19/h3-5,7-8,19,21H,2,6,9-18H2,1H3. The van der Waals surface area contributed by atoms with E-state index < -0.39 is 0 Å². The van der Waals surface area contributed by atoms with Crippen molar-refractivity contribution in [2.24, 2.45) is 5.92 Å². The third kappa shape index (κ3) is 5.30. The summed E-state index contributed by atoms with van der Waals surface area (Å²) in [6.45, 7) is 11.7. The van der Waals surface area contributed by atoms with Gasteiger partial charge in [0.05, 0.1) is 0 Å². The summed E-state index contributed by atoms with van der Waals surface area (Å²) in [5, 5.41) is 0. The number of nitrogens with zero attached hydrogens (tertiary/aromatic N) is 2. The van der Waals surface area contributed by atoms with E-state index in [1.54, 1.807) is 0 Å². The van der Waals surface area contributed by atoms with Crippen LogP contribution >= 0.6 is 0 Å². The van der Waals surface area contributed by atoms with Gasteiger partial charge in [0, 0.05) is 52.5 Å². The molecule has 2 fully saturated rings. The minimum atomic E-state index is 0.693. The first-order chi connectivity index (χ1) is 11.8. The summed E-state index contributed by atoms with van der Waals surface area (Å²) in [5.74, 6) is 1.56. The SMILES string of the molecule is CCCC(CN1CCN(CC2CCOCC2)CC1)c1ccccc1. The van der Waals surface area contributed by atoms with Crippen LogP contribution in [0.5, 0.6) is 0 Å². The third-order valence-electron chi connectivity index (χ3n) is 5.71. The summed E-state index contributed by atoms with van der Waals surface area (Å²) < 4.78 is 5.49. The van der Waals surface area contributed by atoms with E-state index in [2.05, 4.69) is 47.1 Å². The number of piperazine rings is 1. The molecule has 1 aromatic rings. The van der Waals surface area contributed by atoms with Gasteiger partial charge in [-0.1, -0.05) is 43.7 Å². The second-order valence-electron chi connectivity index (χ2n) is 7.55. The summed E-state index contributed by atoms with van der Waals surface area (Å²) in [7, 11) is 0. The van der Waals surface area contributed by atoms with Gasteiger partial charge in [0.1, 0.15) is 0 Å². The van der Waals surface area contributed by atoms with Gasteiger partial charge in [-0.2, -0.15) is 0 Å². The van der Waals surface area contributed by atoms with Crippen molar-refractivity contribution in [3.8, 4) is 0 Å². The zero-order valence-corrected chi connectivity index (χ0v) is 15.3. The molecule has 0 saturated carbocycles. The molecule has 3 nitrogen and oxygen atoms in total. The van der Waals surface area contributed by atoms with Crippen molar-refractivity contribution in [2.45, 2.75) is 38.5 Å². The molecule has 0 amide bonds. The fourth-order valence-corrected chi connectivity index (χ4v) is 4.20. The van der Waals surface area contributed by atoms with Crippen LogP contribution in [0.3, 0.4) is 0 Å². The maximum atomic E-state index is 5.49. The Balaban J connectivity index is 1.45. The summed E-state index contributed by atoms with van der Waals surface area (Å²) in [6, 6.07) is 11.1. The predicted molar refractivity (Wildman–Crippen MR) is 101 cm³/mol. The lowest BCUT2D eigenvalue weighted by Gasteiger charge is -2.38. The van der Waals surface area contributed by atoms with E-state index in [1.807, 2.05) is 0 Å². The Hall–Kier alpha value is -0.900. The smallest absolute Gasteiger partial charge is 0.0469 e. The van der Waals surface area contributed by atoms with Crippen molar-refractivity contribution in [2.75, 3.05) is 52.5 Å². The summed E-state index contributed by atoms with van der Waals surface area (Å²) in [6.07, 6.45) is 5.08. The van der Waals surface area contributed by atoms with Crippen molar-refractivity contribution < 1.29 is 4.74 Å². The van der Waals surface area contributed by atoms with Gasteiger partial charge in [0.25, 0.3) is 0 Å². The lowest BCUT2D eigenvalue weighted by Crippen LogP contribution is -2.49. The van der Waals surface area contributed by atoms with E-state index in [0.717, 1.165) is 19.1 Å². The van der Waals surface area contributed by atoms with Gasteiger partial charge in [-0.3, -0.25) is 0 Å². The van der Waals surface area contributed by atoms with E-state index in [0.29, 0.717) is 5.92 Å². The van der Waals surface area contributed by atoms with Gasteiger partial charge < -0.3 is 14.5 Å². The first-order valence-corrected chi connectivity index (χ1v) is 9.92. The molecule has 2 aliphatic rings. The van der Waals surface area contributed by atoms with Crippen molar-refractivity contribution in [3.63, 3.8) is 0 Å². The highest BCUT2D eigenvalue weighted by Crippen LogP contribution is 2.23. The topological polar surface area (TPSA) is 15.7 Å². The second kappa shape index (κ2) is 9.55. The van der Waals surface area contributed by atoms with Gasteiger partial charge in [0.2, 0.25) is 0 Å². The molecule has 3 rings (SSSR count). The fraction of sp³-hybridized carbons (Fsp3) is 0.714. The zero-order chi connectivity index (χ0) is 16.6. The van der Waals surface area contributed by atoms with E-state index in [4.69, 9.17) is 4.74 Å². The largest absolute Gasteiger partial charge is 0.381 e. The Labute approximate surface area is 148 Å². The predicted octanol–water partition coefficient (Wildman–Crippen LogP) is 3.61. The van der Waals surface area contributed by atoms with Crippen LogP contribution in [0.4, 0.5) is 0 Å². The molecule has 0 aromatic heterocycles. The van der Waals surface area contributed by atoms with Crippen molar-refractivity contribution in [3.05, 3.63) is 35.9 Å². The van der Waals surface area contributed by atoms with E-state index >= 15 is 0 Å². The highest BCUT2D eigenvalue weighted by atomic mass is 16.5. The number of ether oxygens (including phenoxy) is 1. The number of benzene rings is 1. The first kappa shape index (κ1) is 17.9. The first-order valence-electron chi connectivity index (χ1n) is 9.92. The van der Waals surface area contributed by atoms with Crippen LogP contribution in [0.1, 0.15) is 44.1 Å². The average Bonchev–Trinajstić information content (AvgIpc) is 2.64. The van der Waals surface area contributed by atoms with Crippen molar-refractivity contribution in [1.29, 1.82) is 0 Å². The minimum Gasteiger partial charge on any atom is -0.381 e. The Morgan fingerprint density at radius 1 is 1.00 bits per heavy atom. The van der Waals surface area contributed by atoms with Gasteiger partial charge in [0.15, 0.2) is 0 Å². The average molecular weight is 331 g/mol. The maximum absolute atomic E-state index is 5.49. The van der Waals surface area contributed by atoms with Crippen LogP contribution in [-0.2, 0) is 4.74 Å². The molecule has 0 bridgehead atoms. The molecule has 1 unspecified atom stereocenters. The van der Waals surface area contributed by atoms with E-state index in [1.165, 1.54) is 70.5 Å². The molecule has 0 spiro atoms. The molecule has 1 atom stereocenters. The Kier molecular flexibility index (Phi) is 7.13. The Bertz CT molecular complexity index is 450. The van der Waals surface area contributed by atoms with Crippen molar-refractivity contribution in [1.82, 2.24) is 9.80 Å². The molecule has 24 heavy (non-hydrogen) atoms. The fourth-order valence-electron chi connectivity index (χ4n) is 4.20.